The van der Waals surface area contributed by atoms with Gasteiger partial charge in [0.1, 0.15) is 13.1 Å². The Morgan fingerprint density at radius 2 is 2.30 bits per heavy atom. The molecule has 6 nitrogen and oxygen atoms in total. The molecule has 0 atom stereocenters. The third-order valence-corrected chi connectivity index (χ3v) is 3.25. The number of ether oxygens (including phenoxy) is 1. The van der Waals surface area contributed by atoms with Gasteiger partial charge in [-0.2, -0.15) is 5.10 Å². The number of nitrogens with one attached hydrogen (secondary N) is 3. The van der Waals surface area contributed by atoms with E-state index in [2.05, 4.69) is 20.8 Å². The Hall–Kier alpha value is -1.57. The second kappa shape index (κ2) is 8.57. The van der Waals surface area contributed by atoms with E-state index in [0.29, 0.717) is 5.11 Å². The number of morpholine rings is 1. The molecule has 1 aromatic rings. The molecule has 1 fully saturated rings. The number of rotatable bonds is 5. The van der Waals surface area contributed by atoms with Gasteiger partial charge in [0, 0.05) is 6.20 Å². The van der Waals surface area contributed by atoms with Gasteiger partial charge < -0.3 is 15.0 Å². The van der Waals surface area contributed by atoms with Crippen LogP contribution in [0.1, 0.15) is 5.69 Å². The lowest BCUT2D eigenvalue weighted by atomic mass is 10.4. The molecule has 3 N–H and O–H groups in total. The van der Waals surface area contributed by atoms with Crippen LogP contribution in [-0.4, -0.2) is 55.7 Å². The summed E-state index contributed by atoms with van der Waals surface area (Å²) in [6.07, 6.45) is 3.37. The van der Waals surface area contributed by atoms with Gasteiger partial charge in [-0.25, -0.2) is 0 Å². The minimum Gasteiger partial charge on any atom is -0.370 e. The van der Waals surface area contributed by atoms with Crippen molar-refractivity contribution in [1.29, 1.82) is 0 Å². The molecule has 20 heavy (non-hydrogen) atoms. The van der Waals surface area contributed by atoms with Gasteiger partial charge in [0.2, 0.25) is 0 Å². The van der Waals surface area contributed by atoms with Gasteiger partial charge in [-0.05, 0) is 24.4 Å². The summed E-state index contributed by atoms with van der Waals surface area (Å²) >= 11 is 5.15. The van der Waals surface area contributed by atoms with Gasteiger partial charge >= 0.3 is 0 Å². The normalized spacial score (nSPS) is 16.2. The van der Waals surface area contributed by atoms with E-state index in [1.165, 1.54) is 0 Å². The molecule has 7 heteroatoms. The van der Waals surface area contributed by atoms with Crippen molar-refractivity contribution >= 4 is 23.5 Å². The van der Waals surface area contributed by atoms with Crippen LogP contribution in [0.15, 0.2) is 29.5 Å². The smallest absolute Gasteiger partial charge is 0.187 e. The maximum Gasteiger partial charge on any atom is 0.187 e. The average Bonchev–Trinajstić information content (AvgIpc) is 2.49. The monoisotopic (exact) mass is 294 g/mol. The number of hydrogen-bond acceptors (Lipinski definition) is 4. The van der Waals surface area contributed by atoms with E-state index in [-0.39, 0.29) is 0 Å². The van der Waals surface area contributed by atoms with E-state index >= 15 is 0 Å². The Morgan fingerprint density at radius 3 is 3.05 bits per heavy atom. The molecule has 0 aromatic carbocycles. The van der Waals surface area contributed by atoms with E-state index in [1.807, 2.05) is 18.2 Å². The molecule has 1 aliphatic rings. The highest BCUT2D eigenvalue weighted by Gasteiger charge is 2.12. The fourth-order valence-corrected chi connectivity index (χ4v) is 2.07. The van der Waals surface area contributed by atoms with Crippen molar-refractivity contribution in [2.45, 2.75) is 0 Å². The van der Waals surface area contributed by atoms with Crippen molar-refractivity contribution in [3.05, 3.63) is 30.1 Å². The summed E-state index contributed by atoms with van der Waals surface area (Å²) < 4.78 is 5.32. The van der Waals surface area contributed by atoms with Crippen LogP contribution in [0.2, 0.25) is 0 Å². The lowest BCUT2D eigenvalue weighted by Gasteiger charge is -2.23. The largest absolute Gasteiger partial charge is 0.370 e. The standard InChI is InChI=1S/C13H19N5OS/c20-13(15-5-6-18-7-9-19-10-8-18)17-16-11-12-3-1-2-4-14-12/h1-4,11H,5-10H2,(H2,15,17,20)/p+1/b16-11-. The second-order valence-corrected chi connectivity index (χ2v) is 4.90. The summed E-state index contributed by atoms with van der Waals surface area (Å²) in [5, 5.41) is 7.71. The first kappa shape index (κ1) is 14.8. The first-order valence-corrected chi connectivity index (χ1v) is 7.14. The van der Waals surface area contributed by atoms with Gasteiger partial charge in [0.25, 0.3) is 0 Å². The maximum absolute atomic E-state index is 5.32. The molecule has 0 aliphatic carbocycles. The number of thiocarbonyl (C=S) groups is 1. The summed E-state index contributed by atoms with van der Waals surface area (Å²) in [5.74, 6) is 0. The quantitative estimate of drug-likeness (QED) is 0.362. The molecule has 0 bridgehead atoms. The third-order valence-electron chi connectivity index (χ3n) is 3.01. The van der Waals surface area contributed by atoms with Gasteiger partial charge in [-0.15, -0.1) is 0 Å². The zero-order valence-electron chi connectivity index (χ0n) is 11.3. The number of hydrazone groups is 1. The first-order valence-electron chi connectivity index (χ1n) is 6.74. The second-order valence-electron chi connectivity index (χ2n) is 4.49. The number of nitrogens with zero attached hydrogens (tertiary/aromatic N) is 2. The molecule has 1 saturated heterocycles. The maximum atomic E-state index is 5.32. The highest BCUT2D eigenvalue weighted by molar-refractivity contribution is 7.80. The van der Waals surface area contributed by atoms with Crippen molar-refractivity contribution in [2.75, 3.05) is 39.4 Å². The Morgan fingerprint density at radius 1 is 1.45 bits per heavy atom. The molecule has 0 amide bonds. The van der Waals surface area contributed by atoms with Crippen LogP contribution in [0.5, 0.6) is 0 Å². The Kier molecular flexibility index (Phi) is 6.36. The van der Waals surface area contributed by atoms with Gasteiger partial charge in [-0.1, -0.05) is 6.07 Å². The highest BCUT2D eigenvalue weighted by Crippen LogP contribution is 1.87. The third kappa shape index (κ3) is 5.60. The molecular weight excluding hydrogens is 274 g/mol. The Balaban J connectivity index is 1.59. The number of hydrogen-bond donors (Lipinski definition) is 3. The lowest BCUT2D eigenvalue weighted by molar-refractivity contribution is -0.906. The molecule has 1 aromatic heterocycles. The molecule has 108 valence electrons. The van der Waals surface area contributed by atoms with Crippen LogP contribution < -0.4 is 15.6 Å². The minimum absolute atomic E-state index is 0.532. The van der Waals surface area contributed by atoms with E-state index < -0.39 is 0 Å². The Bertz CT molecular complexity index is 434. The molecule has 2 heterocycles. The SMILES string of the molecule is S=C(NCC[NH+]1CCOCC1)N/N=C\c1ccccn1. The fourth-order valence-electron chi connectivity index (χ4n) is 1.91. The van der Waals surface area contributed by atoms with Gasteiger partial charge in [0.15, 0.2) is 5.11 Å². The summed E-state index contributed by atoms with van der Waals surface area (Å²) in [6.45, 7) is 5.72. The topological polar surface area (TPSA) is 63.0 Å². The molecule has 0 radical (unpaired) electrons. The average molecular weight is 294 g/mol. The van der Waals surface area contributed by atoms with Gasteiger partial charge in [0.05, 0.1) is 38.2 Å². The van der Waals surface area contributed by atoms with Crippen molar-refractivity contribution in [3.8, 4) is 0 Å². The summed E-state index contributed by atoms with van der Waals surface area (Å²) in [7, 11) is 0. The van der Waals surface area contributed by atoms with Crippen molar-refractivity contribution in [1.82, 2.24) is 15.7 Å². The summed E-state index contributed by atoms with van der Waals surface area (Å²) in [6, 6.07) is 5.66. The van der Waals surface area contributed by atoms with E-state index in [4.69, 9.17) is 17.0 Å². The fraction of sp³-hybridized carbons (Fsp3) is 0.462. The number of quaternary nitrogens is 1. The van der Waals surface area contributed by atoms with Crippen LogP contribution in [0, 0.1) is 0 Å². The first-order chi connectivity index (χ1) is 9.84. The zero-order valence-corrected chi connectivity index (χ0v) is 12.2. The van der Waals surface area contributed by atoms with E-state index in [0.717, 1.165) is 45.1 Å². The van der Waals surface area contributed by atoms with Gasteiger partial charge in [-0.3, -0.25) is 10.4 Å². The molecular formula is C13H20N5OS+. The summed E-state index contributed by atoms with van der Waals surface area (Å²) in [5.41, 5.74) is 3.58. The molecule has 0 saturated carbocycles. The predicted octanol–water partition coefficient (Wildman–Crippen LogP) is -1.21. The number of pyridine rings is 1. The van der Waals surface area contributed by atoms with Crippen LogP contribution in [0.25, 0.3) is 0 Å². The molecule has 0 unspecified atom stereocenters. The number of aromatic nitrogens is 1. The highest BCUT2D eigenvalue weighted by atomic mass is 32.1. The lowest BCUT2D eigenvalue weighted by Crippen LogP contribution is -3.14. The van der Waals surface area contributed by atoms with Crippen molar-refractivity contribution < 1.29 is 9.64 Å². The van der Waals surface area contributed by atoms with E-state index in [9.17, 15) is 0 Å². The zero-order chi connectivity index (χ0) is 14.0. The van der Waals surface area contributed by atoms with Crippen LogP contribution in [0.3, 0.4) is 0 Å². The van der Waals surface area contributed by atoms with Crippen LogP contribution in [0.4, 0.5) is 0 Å². The molecule has 2 rings (SSSR count). The Labute approximate surface area is 124 Å². The summed E-state index contributed by atoms with van der Waals surface area (Å²) in [4.78, 5) is 5.68. The van der Waals surface area contributed by atoms with Crippen LogP contribution >= 0.6 is 12.2 Å². The van der Waals surface area contributed by atoms with Crippen LogP contribution in [-0.2, 0) is 4.74 Å². The predicted molar refractivity (Wildman–Crippen MR) is 82.0 cm³/mol. The van der Waals surface area contributed by atoms with Crippen molar-refractivity contribution in [2.24, 2.45) is 5.10 Å². The molecule has 0 spiro atoms. The minimum atomic E-state index is 0.532. The molecule has 1 aliphatic heterocycles. The van der Waals surface area contributed by atoms with Crippen molar-refractivity contribution in [3.63, 3.8) is 0 Å². The van der Waals surface area contributed by atoms with E-state index in [1.54, 1.807) is 17.3 Å².